The third-order valence-corrected chi connectivity index (χ3v) is 2.66. The molecule has 0 spiro atoms. The van der Waals surface area contributed by atoms with Crippen molar-refractivity contribution >= 4 is 21.7 Å². The quantitative estimate of drug-likeness (QED) is 0.786. The van der Waals surface area contributed by atoms with E-state index < -0.39 is 5.82 Å². The predicted octanol–water partition coefficient (Wildman–Crippen LogP) is 3.72. The topological polar surface area (TPSA) is 30.2 Å². The van der Waals surface area contributed by atoms with E-state index in [0.29, 0.717) is 15.8 Å². The molecule has 1 heterocycles. The Bertz CT molecular complexity index is 546. The van der Waals surface area contributed by atoms with Crippen LogP contribution in [-0.4, -0.2) is 5.78 Å². The fourth-order valence-corrected chi connectivity index (χ4v) is 1.75. The fourth-order valence-electron chi connectivity index (χ4n) is 1.39. The Morgan fingerprint density at radius 1 is 1.38 bits per heavy atom. The van der Waals surface area contributed by atoms with E-state index in [1.165, 1.54) is 18.4 Å². The van der Waals surface area contributed by atoms with Gasteiger partial charge in [-0.1, -0.05) is 15.9 Å². The van der Waals surface area contributed by atoms with Crippen LogP contribution in [0, 0.1) is 12.7 Å². The van der Waals surface area contributed by atoms with Crippen LogP contribution in [0.25, 0.3) is 0 Å². The van der Waals surface area contributed by atoms with Gasteiger partial charge in [-0.25, -0.2) is 4.39 Å². The number of carbonyl (C=O) groups excluding carboxylic acids is 1. The fraction of sp³-hybridized carbons (Fsp3) is 0.0833. The number of benzene rings is 1. The van der Waals surface area contributed by atoms with Gasteiger partial charge in [-0.05, 0) is 31.2 Å². The smallest absolute Gasteiger partial charge is 0.199 e. The van der Waals surface area contributed by atoms with Gasteiger partial charge in [0.15, 0.2) is 5.78 Å². The third kappa shape index (κ3) is 2.07. The van der Waals surface area contributed by atoms with Gasteiger partial charge in [-0.3, -0.25) is 4.79 Å². The summed E-state index contributed by atoms with van der Waals surface area (Å²) in [6, 6.07) is 5.85. The highest BCUT2D eigenvalue weighted by atomic mass is 79.9. The molecule has 0 radical (unpaired) electrons. The Morgan fingerprint density at radius 3 is 2.75 bits per heavy atom. The Hall–Kier alpha value is -1.42. The molecule has 1 aromatic heterocycles. The van der Waals surface area contributed by atoms with Gasteiger partial charge in [0.1, 0.15) is 17.8 Å². The van der Waals surface area contributed by atoms with Gasteiger partial charge in [0, 0.05) is 4.47 Å². The van der Waals surface area contributed by atoms with Crippen LogP contribution in [0.2, 0.25) is 0 Å². The van der Waals surface area contributed by atoms with Crippen molar-refractivity contribution in [1.29, 1.82) is 0 Å². The second kappa shape index (κ2) is 4.22. The summed E-state index contributed by atoms with van der Waals surface area (Å²) in [6.07, 6.45) is 1.33. The van der Waals surface area contributed by atoms with Crippen molar-refractivity contribution in [3.05, 3.63) is 57.7 Å². The van der Waals surface area contributed by atoms with E-state index in [4.69, 9.17) is 4.42 Å². The molecule has 0 saturated heterocycles. The number of aryl methyl sites for hydroxylation is 1. The van der Waals surface area contributed by atoms with E-state index in [1.54, 1.807) is 19.1 Å². The molecule has 1 aromatic carbocycles. The largest absolute Gasteiger partial charge is 0.469 e. The third-order valence-electron chi connectivity index (χ3n) is 2.17. The molecule has 0 fully saturated rings. The molecular formula is C12H8BrFO2. The summed E-state index contributed by atoms with van der Waals surface area (Å²) in [5, 5.41) is 0. The maximum atomic E-state index is 13.4. The van der Waals surface area contributed by atoms with E-state index in [1.807, 2.05) is 0 Å². The normalized spacial score (nSPS) is 10.4. The number of carbonyl (C=O) groups is 1. The highest BCUT2D eigenvalue weighted by Gasteiger charge is 2.16. The minimum atomic E-state index is -0.535. The first kappa shape index (κ1) is 11.1. The summed E-state index contributed by atoms with van der Waals surface area (Å²) >= 11 is 3.20. The first-order valence-corrected chi connectivity index (χ1v) is 5.42. The number of hydrogen-bond donors (Lipinski definition) is 0. The van der Waals surface area contributed by atoms with Crippen molar-refractivity contribution in [3.8, 4) is 0 Å². The summed E-state index contributed by atoms with van der Waals surface area (Å²) in [7, 11) is 0. The first-order chi connectivity index (χ1) is 7.58. The zero-order valence-corrected chi connectivity index (χ0v) is 10.0. The minimum absolute atomic E-state index is 0.0372. The molecule has 0 aliphatic carbocycles. The lowest BCUT2D eigenvalue weighted by atomic mass is 10.1. The molecule has 0 bridgehead atoms. The average molecular weight is 283 g/mol. The van der Waals surface area contributed by atoms with E-state index in [-0.39, 0.29) is 11.3 Å². The van der Waals surface area contributed by atoms with Crippen molar-refractivity contribution in [2.24, 2.45) is 0 Å². The van der Waals surface area contributed by atoms with E-state index in [0.717, 1.165) is 0 Å². The maximum absolute atomic E-state index is 13.4. The SMILES string of the molecule is Cc1cc(C(=O)c2cc(Br)ccc2F)co1. The number of ketones is 1. The number of halogens is 2. The molecule has 2 rings (SSSR count). The van der Waals surface area contributed by atoms with Gasteiger partial charge in [-0.15, -0.1) is 0 Å². The van der Waals surface area contributed by atoms with Crippen LogP contribution in [0.15, 0.2) is 39.4 Å². The number of rotatable bonds is 2. The molecular weight excluding hydrogens is 275 g/mol. The first-order valence-electron chi connectivity index (χ1n) is 4.63. The van der Waals surface area contributed by atoms with Crippen LogP contribution >= 0.6 is 15.9 Å². The standard InChI is InChI=1S/C12H8BrFO2/c1-7-4-8(6-16-7)12(15)10-5-9(13)2-3-11(10)14/h2-6H,1H3. The second-order valence-electron chi connectivity index (χ2n) is 3.40. The number of furan rings is 1. The van der Waals surface area contributed by atoms with Gasteiger partial charge in [0.25, 0.3) is 0 Å². The lowest BCUT2D eigenvalue weighted by molar-refractivity contribution is 0.103. The maximum Gasteiger partial charge on any atom is 0.199 e. The summed E-state index contributed by atoms with van der Waals surface area (Å²) in [4.78, 5) is 11.9. The van der Waals surface area contributed by atoms with Crippen molar-refractivity contribution in [1.82, 2.24) is 0 Å². The van der Waals surface area contributed by atoms with Gasteiger partial charge >= 0.3 is 0 Å². The van der Waals surface area contributed by atoms with Gasteiger partial charge in [0.2, 0.25) is 0 Å². The van der Waals surface area contributed by atoms with Gasteiger partial charge in [-0.2, -0.15) is 0 Å². The van der Waals surface area contributed by atoms with Crippen LogP contribution in [-0.2, 0) is 0 Å². The molecule has 0 N–H and O–H groups in total. The molecule has 2 aromatic rings. The van der Waals surface area contributed by atoms with Crippen LogP contribution in [0.4, 0.5) is 4.39 Å². The Morgan fingerprint density at radius 2 is 2.12 bits per heavy atom. The molecule has 0 unspecified atom stereocenters. The van der Waals surface area contributed by atoms with Crippen molar-refractivity contribution in [2.45, 2.75) is 6.92 Å². The van der Waals surface area contributed by atoms with Crippen molar-refractivity contribution < 1.29 is 13.6 Å². The Balaban J connectivity index is 2.45. The number of hydrogen-bond acceptors (Lipinski definition) is 2. The van der Waals surface area contributed by atoms with Gasteiger partial charge in [0.05, 0.1) is 11.1 Å². The highest BCUT2D eigenvalue weighted by Crippen LogP contribution is 2.19. The van der Waals surface area contributed by atoms with Crippen LogP contribution < -0.4 is 0 Å². The molecule has 0 saturated carbocycles. The van der Waals surface area contributed by atoms with Crippen LogP contribution in [0.3, 0.4) is 0 Å². The highest BCUT2D eigenvalue weighted by molar-refractivity contribution is 9.10. The van der Waals surface area contributed by atoms with E-state index >= 15 is 0 Å². The molecule has 0 aliphatic rings. The van der Waals surface area contributed by atoms with Crippen molar-refractivity contribution in [2.75, 3.05) is 0 Å². The Kier molecular flexibility index (Phi) is 2.92. The van der Waals surface area contributed by atoms with E-state index in [2.05, 4.69) is 15.9 Å². The summed E-state index contributed by atoms with van der Waals surface area (Å²) in [6.45, 7) is 1.73. The summed E-state index contributed by atoms with van der Waals surface area (Å²) in [5.74, 6) is -0.290. The Labute approximate surface area is 100 Å². The average Bonchev–Trinajstić information content (AvgIpc) is 2.67. The molecule has 0 aliphatic heterocycles. The van der Waals surface area contributed by atoms with Crippen LogP contribution in [0.1, 0.15) is 21.7 Å². The van der Waals surface area contributed by atoms with Crippen molar-refractivity contribution in [3.63, 3.8) is 0 Å². The van der Waals surface area contributed by atoms with E-state index in [9.17, 15) is 9.18 Å². The molecule has 0 atom stereocenters. The monoisotopic (exact) mass is 282 g/mol. The lowest BCUT2D eigenvalue weighted by Gasteiger charge is -2.00. The van der Waals surface area contributed by atoms with Crippen LogP contribution in [0.5, 0.6) is 0 Å². The molecule has 16 heavy (non-hydrogen) atoms. The predicted molar refractivity (Wildman–Crippen MR) is 61.0 cm³/mol. The molecule has 2 nitrogen and oxygen atoms in total. The second-order valence-corrected chi connectivity index (χ2v) is 4.31. The molecule has 4 heteroatoms. The zero-order chi connectivity index (χ0) is 11.7. The summed E-state index contributed by atoms with van der Waals surface area (Å²) < 4.78 is 19.1. The minimum Gasteiger partial charge on any atom is -0.469 e. The summed E-state index contributed by atoms with van der Waals surface area (Å²) in [5.41, 5.74) is 0.393. The molecule has 82 valence electrons. The zero-order valence-electron chi connectivity index (χ0n) is 8.46. The lowest BCUT2D eigenvalue weighted by Crippen LogP contribution is -2.02. The van der Waals surface area contributed by atoms with Gasteiger partial charge < -0.3 is 4.42 Å². The molecule has 0 amide bonds.